The number of benzene rings is 4. The fourth-order valence-electron chi connectivity index (χ4n) is 3.77. The van der Waals surface area contributed by atoms with Gasteiger partial charge < -0.3 is 15.1 Å². The lowest BCUT2D eigenvalue weighted by molar-refractivity contribution is -0.118. The average molecular weight is 510 g/mol. The summed E-state index contributed by atoms with van der Waals surface area (Å²) in [7, 11) is 0. The SMILES string of the molecule is O=C(O)c1cc(N(Cc2ccc(C#Cc3ccc(Cl)cc3)cc2)C(=O)CCc2ccccc2)ccc1O. The van der Waals surface area contributed by atoms with Crippen molar-refractivity contribution in [2.75, 3.05) is 4.90 Å². The van der Waals surface area contributed by atoms with Crippen LogP contribution in [0, 0.1) is 11.8 Å². The predicted octanol–water partition coefficient (Wildman–Crippen LogP) is 6.31. The predicted molar refractivity (Wildman–Crippen MR) is 145 cm³/mol. The zero-order valence-electron chi connectivity index (χ0n) is 19.9. The molecule has 0 fully saturated rings. The van der Waals surface area contributed by atoms with E-state index < -0.39 is 5.97 Å². The van der Waals surface area contributed by atoms with Crippen LogP contribution in [-0.4, -0.2) is 22.1 Å². The van der Waals surface area contributed by atoms with Crippen molar-refractivity contribution in [1.29, 1.82) is 0 Å². The number of amides is 1. The molecule has 0 saturated carbocycles. The minimum absolute atomic E-state index is 0.155. The number of aromatic hydroxyl groups is 1. The molecule has 0 spiro atoms. The molecule has 4 rings (SSSR count). The van der Waals surface area contributed by atoms with Gasteiger partial charge in [-0.2, -0.15) is 0 Å². The highest BCUT2D eigenvalue weighted by molar-refractivity contribution is 6.30. The summed E-state index contributed by atoms with van der Waals surface area (Å²) < 4.78 is 0. The van der Waals surface area contributed by atoms with Gasteiger partial charge in [0, 0.05) is 28.3 Å². The maximum absolute atomic E-state index is 13.3. The summed E-state index contributed by atoms with van der Waals surface area (Å²) >= 11 is 5.92. The molecule has 4 aromatic carbocycles. The van der Waals surface area contributed by atoms with E-state index in [1.807, 2.05) is 66.7 Å². The highest BCUT2D eigenvalue weighted by atomic mass is 35.5. The van der Waals surface area contributed by atoms with Crippen LogP contribution in [0.1, 0.15) is 39.0 Å². The molecule has 0 aliphatic heterocycles. The van der Waals surface area contributed by atoms with Gasteiger partial charge in [0.25, 0.3) is 0 Å². The van der Waals surface area contributed by atoms with Gasteiger partial charge in [0.1, 0.15) is 11.3 Å². The first-order valence-corrected chi connectivity index (χ1v) is 12.0. The second-order valence-electron chi connectivity index (χ2n) is 8.43. The molecule has 37 heavy (non-hydrogen) atoms. The Hall–Kier alpha value is -4.53. The standard InChI is InChI=1S/C31H24ClNO4/c32-26-15-12-24(13-16-26)7-6-23-8-10-25(11-9-23)21-33(27-17-18-29(34)28(20-27)31(36)37)30(35)19-14-22-4-2-1-3-5-22/h1-5,8-13,15-18,20,34H,14,19,21H2,(H,36,37). The van der Waals surface area contributed by atoms with Gasteiger partial charge in [-0.3, -0.25) is 4.79 Å². The molecule has 2 N–H and O–H groups in total. The number of carboxylic acid groups (broad SMARTS) is 1. The molecule has 0 unspecified atom stereocenters. The van der Waals surface area contributed by atoms with Crippen molar-refractivity contribution in [3.63, 3.8) is 0 Å². The minimum atomic E-state index is -1.26. The zero-order chi connectivity index (χ0) is 26.2. The number of nitrogens with zero attached hydrogens (tertiary/aromatic N) is 1. The Labute approximate surface area is 220 Å². The van der Waals surface area contributed by atoms with E-state index in [1.54, 1.807) is 23.1 Å². The number of carbonyl (C=O) groups excluding carboxylic acids is 1. The number of carbonyl (C=O) groups is 2. The molecule has 0 radical (unpaired) electrons. The molecule has 0 atom stereocenters. The number of aromatic carboxylic acids is 1. The molecular weight excluding hydrogens is 486 g/mol. The lowest BCUT2D eigenvalue weighted by Gasteiger charge is -2.24. The average Bonchev–Trinajstić information content (AvgIpc) is 2.91. The van der Waals surface area contributed by atoms with Gasteiger partial charge in [0.05, 0.1) is 6.54 Å². The maximum Gasteiger partial charge on any atom is 0.339 e. The van der Waals surface area contributed by atoms with E-state index in [9.17, 15) is 19.8 Å². The first-order valence-electron chi connectivity index (χ1n) is 11.7. The summed E-state index contributed by atoms with van der Waals surface area (Å²) in [4.78, 5) is 26.4. The first kappa shape index (κ1) is 25.6. The fraction of sp³-hybridized carbons (Fsp3) is 0.0968. The molecule has 0 aromatic heterocycles. The summed E-state index contributed by atoms with van der Waals surface area (Å²) in [6, 6.07) is 28.7. The normalized spacial score (nSPS) is 10.3. The van der Waals surface area contributed by atoms with E-state index in [0.29, 0.717) is 17.1 Å². The molecule has 0 saturated heterocycles. The van der Waals surface area contributed by atoms with Crippen molar-refractivity contribution in [3.8, 4) is 17.6 Å². The lowest BCUT2D eigenvalue weighted by Crippen LogP contribution is -2.30. The van der Waals surface area contributed by atoms with Gasteiger partial charge >= 0.3 is 5.97 Å². The van der Waals surface area contributed by atoms with Crippen molar-refractivity contribution < 1.29 is 19.8 Å². The van der Waals surface area contributed by atoms with Gasteiger partial charge in [-0.1, -0.05) is 65.9 Å². The summed E-state index contributed by atoms with van der Waals surface area (Å²) in [6.45, 7) is 0.238. The molecular formula is C31H24ClNO4. The van der Waals surface area contributed by atoms with Crippen LogP contribution in [-0.2, 0) is 17.8 Å². The molecule has 6 heteroatoms. The Balaban J connectivity index is 1.55. The van der Waals surface area contributed by atoms with Crippen molar-refractivity contribution in [2.24, 2.45) is 0 Å². The van der Waals surface area contributed by atoms with Gasteiger partial charge in [-0.15, -0.1) is 0 Å². The third-order valence-electron chi connectivity index (χ3n) is 5.78. The molecule has 4 aromatic rings. The van der Waals surface area contributed by atoms with Gasteiger partial charge in [-0.05, 0) is 72.1 Å². The van der Waals surface area contributed by atoms with E-state index in [4.69, 9.17) is 11.6 Å². The number of hydrogen-bond acceptors (Lipinski definition) is 3. The Morgan fingerprint density at radius 2 is 1.41 bits per heavy atom. The second kappa shape index (κ2) is 11.9. The number of aryl methyl sites for hydroxylation is 1. The molecule has 0 bridgehead atoms. The molecule has 1 amide bonds. The second-order valence-corrected chi connectivity index (χ2v) is 8.86. The Kier molecular flexibility index (Phi) is 8.25. The summed E-state index contributed by atoms with van der Waals surface area (Å²) in [5, 5.41) is 20.0. The van der Waals surface area contributed by atoms with Crippen LogP contribution in [0.2, 0.25) is 5.02 Å². The molecule has 5 nitrogen and oxygen atoms in total. The summed E-state index contributed by atoms with van der Waals surface area (Å²) in [5.41, 5.74) is 3.71. The Morgan fingerprint density at radius 3 is 2.03 bits per heavy atom. The van der Waals surface area contributed by atoms with Crippen molar-refractivity contribution in [2.45, 2.75) is 19.4 Å². The smallest absolute Gasteiger partial charge is 0.339 e. The minimum Gasteiger partial charge on any atom is -0.507 e. The van der Waals surface area contributed by atoms with Crippen LogP contribution in [0.15, 0.2) is 97.1 Å². The summed E-state index contributed by atoms with van der Waals surface area (Å²) in [5.74, 6) is 4.44. The van der Waals surface area contributed by atoms with Crippen LogP contribution in [0.3, 0.4) is 0 Å². The molecule has 0 aliphatic rings. The highest BCUT2D eigenvalue weighted by Gasteiger charge is 2.19. The van der Waals surface area contributed by atoms with E-state index in [1.165, 1.54) is 12.1 Å². The first-order chi connectivity index (χ1) is 17.9. The number of rotatable bonds is 7. The molecule has 184 valence electrons. The summed E-state index contributed by atoms with van der Waals surface area (Å²) in [6.07, 6.45) is 0.803. The fourth-order valence-corrected chi connectivity index (χ4v) is 3.90. The van der Waals surface area contributed by atoms with E-state index >= 15 is 0 Å². The number of hydrogen-bond donors (Lipinski definition) is 2. The van der Waals surface area contributed by atoms with Crippen LogP contribution in [0.5, 0.6) is 5.75 Å². The van der Waals surface area contributed by atoms with Crippen LogP contribution >= 0.6 is 11.6 Å². The van der Waals surface area contributed by atoms with Crippen molar-refractivity contribution in [3.05, 3.63) is 130 Å². The zero-order valence-corrected chi connectivity index (χ0v) is 20.7. The third-order valence-corrected chi connectivity index (χ3v) is 6.04. The van der Waals surface area contributed by atoms with Gasteiger partial charge in [-0.25, -0.2) is 4.79 Å². The van der Waals surface area contributed by atoms with Crippen LogP contribution < -0.4 is 4.90 Å². The molecule has 0 aliphatic carbocycles. The van der Waals surface area contributed by atoms with Gasteiger partial charge in [0.15, 0.2) is 0 Å². The van der Waals surface area contributed by atoms with Crippen LogP contribution in [0.4, 0.5) is 5.69 Å². The largest absolute Gasteiger partial charge is 0.507 e. The number of carboxylic acids is 1. The van der Waals surface area contributed by atoms with Crippen molar-refractivity contribution in [1.82, 2.24) is 0 Å². The quantitative estimate of drug-likeness (QED) is 0.286. The number of phenols is 1. The van der Waals surface area contributed by atoms with Crippen LogP contribution in [0.25, 0.3) is 0 Å². The Bertz CT molecular complexity index is 1450. The maximum atomic E-state index is 13.3. The lowest BCUT2D eigenvalue weighted by atomic mass is 10.1. The monoisotopic (exact) mass is 509 g/mol. The topological polar surface area (TPSA) is 77.8 Å². The van der Waals surface area contributed by atoms with Gasteiger partial charge in [0.2, 0.25) is 5.91 Å². The van der Waals surface area contributed by atoms with E-state index in [-0.39, 0.29) is 30.2 Å². The Morgan fingerprint density at radius 1 is 0.784 bits per heavy atom. The van der Waals surface area contributed by atoms with E-state index in [0.717, 1.165) is 22.3 Å². The number of halogens is 1. The van der Waals surface area contributed by atoms with Crippen molar-refractivity contribution >= 4 is 29.2 Å². The highest BCUT2D eigenvalue weighted by Crippen LogP contribution is 2.26. The van der Waals surface area contributed by atoms with E-state index in [2.05, 4.69) is 11.8 Å². The number of anilines is 1. The third kappa shape index (κ3) is 7.00. The molecule has 0 heterocycles.